The van der Waals surface area contributed by atoms with Gasteiger partial charge in [-0.1, -0.05) is 57.2 Å². The molecule has 1 aromatic heterocycles. The average molecular weight is 352 g/mol. The number of aromatic nitrogens is 3. The van der Waals surface area contributed by atoms with Crippen molar-refractivity contribution in [1.82, 2.24) is 14.9 Å². The molecule has 0 unspecified atom stereocenters. The van der Waals surface area contributed by atoms with Gasteiger partial charge in [0.1, 0.15) is 5.75 Å². The van der Waals surface area contributed by atoms with Crippen LogP contribution in [0.4, 0.5) is 0 Å². The Morgan fingerprint density at radius 3 is 2.52 bits per heavy atom. The lowest BCUT2D eigenvalue weighted by Crippen LogP contribution is -2.10. The number of nitrogens with one attached hydrogen (secondary N) is 1. The molecule has 2 aromatic carbocycles. The average Bonchev–Trinajstić information content (AvgIpc) is 2.93. The van der Waals surface area contributed by atoms with E-state index in [1.54, 1.807) is 29.1 Å². The number of aromatic hydroxyl groups is 1. The zero-order valence-electron chi connectivity index (χ0n) is 14.4. The Labute approximate surface area is 151 Å². The number of hydrogen-bond donors (Lipinski definition) is 2. The van der Waals surface area contributed by atoms with E-state index in [-0.39, 0.29) is 11.2 Å². The summed E-state index contributed by atoms with van der Waals surface area (Å²) in [6.45, 7) is 6.53. The van der Waals surface area contributed by atoms with E-state index in [4.69, 9.17) is 12.2 Å². The molecule has 3 rings (SSSR count). The van der Waals surface area contributed by atoms with Crippen LogP contribution < -0.4 is 0 Å². The monoisotopic (exact) mass is 352 g/mol. The third-order valence-corrected chi connectivity index (χ3v) is 4.12. The third-order valence-electron chi connectivity index (χ3n) is 3.85. The van der Waals surface area contributed by atoms with Crippen LogP contribution in [0.25, 0.3) is 11.4 Å². The van der Waals surface area contributed by atoms with Gasteiger partial charge in [0.05, 0.1) is 6.21 Å². The van der Waals surface area contributed by atoms with Crippen LogP contribution >= 0.6 is 12.2 Å². The fraction of sp³-hybridized carbons (Fsp3) is 0.211. The van der Waals surface area contributed by atoms with E-state index in [0.29, 0.717) is 10.6 Å². The molecule has 25 heavy (non-hydrogen) atoms. The van der Waals surface area contributed by atoms with Gasteiger partial charge in [0.2, 0.25) is 4.77 Å². The molecule has 0 spiro atoms. The van der Waals surface area contributed by atoms with E-state index in [9.17, 15) is 5.11 Å². The van der Waals surface area contributed by atoms with Crippen LogP contribution in [-0.4, -0.2) is 26.2 Å². The molecule has 0 aliphatic heterocycles. The Kier molecular flexibility index (Phi) is 4.55. The highest BCUT2D eigenvalue weighted by Crippen LogP contribution is 2.25. The van der Waals surface area contributed by atoms with Crippen molar-refractivity contribution in [1.29, 1.82) is 0 Å². The number of benzene rings is 2. The highest BCUT2D eigenvalue weighted by Gasteiger charge is 2.14. The minimum atomic E-state index is 0.0940. The Hall–Kier alpha value is -2.73. The van der Waals surface area contributed by atoms with Gasteiger partial charge >= 0.3 is 0 Å². The number of hydrogen-bond acceptors (Lipinski definition) is 4. The van der Waals surface area contributed by atoms with E-state index >= 15 is 0 Å². The molecule has 0 bridgehead atoms. The van der Waals surface area contributed by atoms with Crippen molar-refractivity contribution >= 4 is 18.4 Å². The summed E-state index contributed by atoms with van der Waals surface area (Å²) in [7, 11) is 0. The molecular weight excluding hydrogens is 332 g/mol. The summed E-state index contributed by atoms with van der Waals surface area (Å²) >= 11 is 5.28. The standard InChI is InChI=1S/C19H20N4OS/c1-19(2,3)15-9-7-14(8-10-15)17-21-22-18(25)23(17)20-12-13-5-4-6-16(24)11-13/h4-12,24H,1-3H3,(H,22,25)/b20-12-. The maximum absolute atomic E-state index is 9.54. The molecule has 0 saturated heterocycles. The second-order valence-electron chi connectivity index (χ2n) is 6.83. The van der Waals surface area contributed by atoms with Crippen molar-refractivity contribution in [3.63, 3.8) is 0 Å². The number of nitrogens with zero attached hydrogens (tertiary/aromatic N) is 3. The van der Waals surface area contributed by atoms with Crippen molar-refractivity contribution in [2.24, 2.45) is 5.10 Å². The molecule has 0 aliphatic carbocycles. The first-order chi connectivity index (χ1) is 11.8. The highest BCUT2D eigenvalue weighted by molar-refractivity contribution is 7.71. The van der Waals surface area contributed by atoms with E-state index < -0.39 is 0 Å². The summed E-state index contributed by atoms with van der Waals surface area (Å²) < 4.78 is 1.98. The molecule has 0 fully saturated rings. The molecule has 0 aliphatic rings. The SMILES string of the molecule is CC(C)(C)c1ccc(-c2n[nH]c(=S)n2/N=C\c2cccc(O)c2)cc1. The van der Waals surface area contributed by atoms with Crippen molar-refractivity contribution < 1.29 is 5.11 Å². The molecule has 0 radical (unpaired) electrons. The zero-order valence-corrected chi connectivity index (χ0v) is 15.2. The fourth-order valence-electron chi connectivity index (χ4n) is 2.43. The number of rotatable bonds is 3. The predicted molar refractivity (Wildman–Crippen MR) is 103 cm³/mol. The quantitative estimate of drug-likeness (QED) is 0.539. The molecule has 5 nitrogen and oxygen atoms in total. The normalized spacial score (nSPS) is 12.0. The molecule has 128 valence electrons. The van der Waals surface area contributed by atoms with Crippen LogP contribution in [0.15, 0.2) is 53.6 Å². The van der Waals surface area contributed by atoms with E-state index in [1.807, 2.05) is 18.2 Å². The molecular formula is C19H20N4OS. The summed E-state index contributed by atoms with van der Waals surface area (Å²) in [6.07, 6.45) is 1.64. The minimum Gasteiger partial charge on any atom is -0.508 e. The van der Waals surface area contributed by atoms with E-state index in [1.165, 1.54) is 5.56 Å². The van der Waals surface area contributed by atoms with Crippen LogP contribution in [0.5, 0.6) is 5.75 Å². The van der Waals surface area contributed by atoms with Crippen LogP contribution in [0.2, 0.25) is 0 Å². The highest BCUT2D eigenvalue weighted by atomic mass is 32.1. The maximum atomic E-state index is 9.54. The van der Waals surface area contributed by atoms with Crippen molar-refractivity contribution in [2.45, 2.75) is 26.2 Å². The maximum Gasteiger partial charge on any atom is 0.216 e. The minimum absolute atomic E-state index is 0.0940. The second-order valence-corrected chi connectivity index (χ2v) is 7.22. The van der Waals surface area contributed by atoms with Gasteiger partial charge in [-0.3, -0.25) is 0 Å². The van der Waals surface area contributed by atoms with Crippen LogP contribution in [-0.2, 0) is 5.41 Å². The molecule has 0 saturated carbocycles. The van der Waals surface area contributed by atoms with Crippen molar-refractivity contribution in [3.8, 4) is 17.1 Å². The summed E-state index contributed by atoms with van der Waals surface area (Å²) in [5, 5.41) is 21.0. The Bertz CT molecular complexity index is 962. The fourth-order valence-corrected chi connectivity index (χ4v) is 2.61. The Morgan fingerprint density at radius 1 is 1.16 bits per heavy atom. The summed E-state index contributed by atoms with van der Waals surface area (Å²) in [5.41, 5.74) is 3.04. The lowest BCUT2D eigenvalue weighted by Gasteiger charge is -2.18. The van der Waals surface area contributed by atoms with Crippen LogP contribution in [0.3, 0.4) is 0 Å². The number of phenols is 1. The topological polar surface area (TPSA) is 66.2 Å². The molecule has 0 atom stereocenters. The predicted octanol–water partition coefficient (Wildman–Crippen LogP) is 4.49. The molecule has 6 heteroatoms. The number of phenolic OH excluding ortho intramolecular Hbond substituents is 1. The molecule has 3 aromatic rings. The van der Waals surface area contributed by atoms with Gasteiger partial charge in [-0.2, -0.15) is 14.9 Å². The first-order valence-electron chi connectivity index (χ1n) is 7.96. The lowest BCUT2D eigenvalue weighted by molar-refractivity contribution is 0.475. The van der Waals surface area contributed by atoms with Crippen LogP contribution in [0, 0.1) is 4.77 Å². The van der Waals surface area contributed by atoms with Gasteiger partial charge in [-0.15, -0.1) is 0 Å². The second kappa shape index (κ2) is 6.64. The summed E-state index contributed by atoms with van der Waals surface area (Å²) in [5.74, 6) is 0.833. The number of aromatic amines is 1. The van der Waals surface area contributed by atoms with Gasteiger partial charge in [-0.25, -0.2) is 5.10 Å². The smallest absolute Gasteiger partial charge is 0.216 e. The molecule has 2 N–H and O–H groups in total. The first kappa shape index (κ1) is 17.1. The lowest BCUT2D eigenvalue weighted by atomic mass is 9.87. The number of H-pyrrole nitrogens is 1. The summed E-state index contributed by atoms with van der Waals surface area (Å²) in [6, 6.07) is 15.1. The van der Waals surface area contributed by atoms with Crippen molar-refractivity contribution in [2.75, 3.05) is 0 Å². The summed E-state index contributed by atoms with van der Waals surface area (Å²) in [4.78, 5) is 0. The van der Waals surface area contributed by atoms with Gasteiger partial charge < -0.3 is 5.11 Å². The third kappa shape index (κ3) is 3.85. The Balaban J connectivity index is 1.96. The molecule has 1 heterocycles. The Morgan fingerprint density at radius 2 is 1.88 bits per heavy atom. The van der Waals surface area contributed by atoms with E-state index in [0.717, 1.165) is 11.1 Å². The van der Waals surface area contributed by atoms with Gasteiger partial charge in [0.15, 0.2) is 5.82 Å². The van der Waals surface area contributed by atoms with Crippen LogP contribution in [0.1, 0.15) is 31.9 Å². The van der Waals surface area contributed by atoms with Crippen molar-refractivity contribution in [3.05, 3.63) is 64.4 Å². The van der Waals surface area contributed by atoms with Gasteiger partial charge in [0.25, 0.3) is 0 Å². The largest absolute Gasteiger partial charge is 0.508 e. The molecule has 0 amide bonds. The first-order valence-corrected chi connectivity index (χ1v) is 8.37. The van der Waals surface area contributed by atoms with E-state index in [2.05, 4.69) is 48.2 Å². The zero-order chi connectivity index (χ0) is 18.0. The van der Waals surface area contributed by atoms with Gasteiger partial charge in [-0.05, 0) is 40.9 Å². The van der Waals surface area contributed by atoms with Gasteiger partial charge in [0, 0.05) is 5.56 Å².